The van der Waals surface area contributed by atoms with Crippen LogP contribution >= 0.6 is 0 Å². The molecular formula is C14H13N3O. The molecule has 2 heterocycles. The first-order chi connectivity index (χ1) is 8.86. The van der Waals surface area contributed by atoms with E-state index in [9.17, 15) is 4.79 Å². The molecule has 1 aromatic carbocycles. The van der Waals surface area contributed by atoms with E-state index in [1.165, 1.54) is 5.56 Å². The molecule has 0 atom stereocenters. The Balaban J connectivity index is 1.97. The second kappa shape index (κ2) is 4.56. The molecule has 18 heavy (non-hydrogen) atoms. The summed E-state index contributed by atoms with van der Waals surface area (Å²) >= 11 is 0. The Morgan fingerprint density at radius 3 is 2.72 bits per heavy atom. The highest BCUT2D eigenvalue weighted by Crippen LogP contribution is 2.27. The number of aryl methyl sites for hydroxylation is 1. The molecule has 0 unspecified atom stereocenters. The number of anilines is 1. The molecule has 90 valence electrons. The van der Waals surface area contributed by atoms with Crippen molar-refractivity contribution in [2.45, 2.75) is 12.8 Å². The molecule has 0 radical (unpaired) electrons. The molecule has 0 bridgehead atoms. The van der Waals surface area contributed by atoms with Crippen molar-refractivity contribution in [3.05, 3.63) is 54.1 Å². The molecule has 1 aromatic heterocycles. The van der Waals surface area contributed by atoms with Gasteiger partial charge in [0.05, 0.1) is 0 Å². The summed E-state index contributed by atoms with van der Waals surface area (Å²) in [5.74, 6) is 0.136. The molecule has 4 heteroatoms. The molecule has 0 N–H and O–H groups in total. The van der Waals surface area contributed by atoms with Crippen molar-refractivity contribution in [1.82, 2.24) is 9.97 Å². The van der Waals surface area contributed by atoms with Crippen LogP contribution in [0, 0.1) is 0 Å². The topological polar surface area (TPSA) is 46.1 Å². The van der Waals surface area contributed by atoms with Gasteiger partial charge in [-0.05, 0) is 30.5 Å². The lowest BCUT2D eigenvalue weighted by atomic mass is 10.0. The second-order valence-corrected chi connectivity index (χ2v) is 4.26. The molecule has 0 saturated heterocycles. The van der Waals surface area contributed by atoms with Gasteiger partial charge in [0.15, 0.2) is 0 Å². The van der Waals surface area contributed by atoms with Crippen molar-refractivity contribution in [3.63, 3.8) is 0 Å². The van der Waals surface area contributed by atoms with Gasteiger partial charge in [-0.3, -0.25) is 4.79 Å². The molecule has 3 rings (SSSR count). The Morgan fingerprint density at radius 1 is 1.11 bits per heavy atom. The number of carbonyl (C=O) groups excluding carboxylic acids is 1. The standard InChI is InChI=1S/C14H13N3O/c18-14(13-15-8-4-9-16-13)17-10-3-6-11-5-1-2-7-12(11)17/h1-2,4-5,7-9H,3,6,10H2. The van der Waals surface area contributed by atoms with E-state index in [1.54, 1.807) is 23.4 Å². The van der Waals surface area contributed by atoms with Gasteiger partial charge in [0.2, 0.25) is 5.82 Å². The summed E-state index contributed by atoms with van der Waals surface area (Å²) in [6.07, 6.45) is 5.19. The maximum atomic E-state index is 12.4. The van der Waals surface area contributed by atoms with Gasteiger partial charge in [-0.25, -0.2) is 9.97 Å². The van der Waals surface area contributed by atoms with Gasteiger partial charge in [0.25, 0.3) is 5.91 Å². The van der Waals surface area contributed by atoms with E-state index in [2.05, 4.69) is 16.0 Å². The highest BCUT2D eigenvalue weighted by molar-refractivity contribution is 6.04. The Hall–Kier alpha value is -2.23. The van der Waals surface area contributed by atoms with Crippen LogP contribution in [0.4, 0.5) is 5.69 Å². The number of hydrogen-bond donors (Lipinski definition) is 0. The summed E-state index contributed by atoms with van der Waals surface area (Å²) < 4.78 is 0. The van der Waals surface area contributed by atoms with Gasteiger partial charge in [0.1, 0.15) is 0 Å². The lowest BCUT2D eigenvalue weighted by Gasteiger charge is -2.28. The molecule has 0 saturated carbocycles. The SMILES string of the molecule is O=C(c1ncccn1)N1CCCc2ccccc21. The first-order valence-corrected chi connectivity index (χ1v) is 6.03. The van der Waals surface area contributed by atoms with Crippen LogP contribution in [-0.4, -0.2) is 22.4 Å². The number of aromatic nitrogens is 2. The number of benzene rings is 1. The highest BCUT2D eigenvalue weighted by atomic mass is 16.2. The van der Waals surface area contributed by atoms with Crippen molar-refractivity contribution < 1.29 is 4.79 Å². The van der Waals surface area contributed by atoms with Crippen LogP contribution in [0.3, 0.4) is 0 Å². The van der Waals surface area contributed by atoms with E-state index in [0.29, 0.717) is 0 Å². The van der Waals surface area contributed by atoms with Gasteiger partial charge in [-0.1, -0.05) is 18.2 Å². The lowest BCUT2D eigenvalue weighted by molar-refractivity contribution is 0.0975. The molecule has 2 aromatic rings. The maximum Gasteiger partial charge on any atom is 0.296 e. The average Bonchev–Trinajstić information content (AvgIpc) is 2.47. The maximum absolute atomic E-state index is 12.4. The molecular weight excluding hydrogens is 226 g/mol. The summed E-state index contributed by atoms with van der Waals surface area (Å²) in [7, 11) is 0. The smallest absolute Gasteiger partial charge is 0.296 e. The molecule has 1 aliphatic heterocycles. The number of hydrogen-bond acceptors (Lipinski definition) is 3. The Bertz CT molecular complexity index is 568. The zero-order valence-corrected chi connectivity index (χ0v) is 9.91. The number of rotatable bonds is 1. The summed E-state index contributed by atoms with van der Waals surface area (Å²) in [4.78, 5) is 22.2. The average molecular weight is 239 g/mol. The number of amides is 1. The number of carbonyl (C=O) groups is 1. The molecule has 0 spiro atoms. The van der Waals surface area contributed by atoms with Crippen molar-refractivity contribution in [1.29, 1.82) is 0 Å². The fourth-order valence-electron chi connectivity index (χ4n) is 2.27. The third kappa shape index (κ3) is 1.86. The van der Waals surface area contributed by atoms with Crippen LogP contribution < -0.4 is 4.90 Å². The summed E-state index contributed by atoms with van der Waals surface area (Å²) in [6, 6.07) is 9.72. The van der Waals surface area contributed by atoms with Crippen LogP contribution in [0.2, 0.25) is 0 Å². The number of nitrogens with zero attached hydrogens (tertiary/aromatic N) is 3. The Morgan fingerprint density at radius 2 is 1.89 bits per heavy atom. The predicted molar refractivity (Wildman–Crippen MR) is 68.5 cm³/mol. The van der Waals surface area contributed by atoms with Crippen molar-refractivity contribution >= 4 is 11.6 Å². The largest absolute Gasteiger partial charge is 0.305 e. The van der Waals surface area contributed by atoms with E-state index in [4.69, 9.17) is 0 Å². The van der Waals surface area contributed by atoms with Crippen LogP contribution in [0.25, 0.3) is 0 Å². The molecule has 1 amide bonds. The van der Waals surface area contributed by atoms with Gasteiger partial charge in [-0.2, -0.15) is 0 Å². The summed E-state index contributed by atoms with van der Waals surface area (Å²) in [5.41, 5.74) is 2.20. The van der Waals surface area contributed by atoms with Crippen LogP contribution in [0.5, 0.6) is 0 Å². The fourth-order valence-corrected chi connectivity index (χ4v) is 2.27. The quantitative estimate of drug-likeness (QED) is 0.765. The third-order valence-corrected chi connectivity index (χ3v) is 3.11. The van der Waals surface area contributed by atoms with Crippen molar-refractivity contribution in [2.75, 3.05) is 11.4 Å². The van der Waals surface area contributed by atoms with E-state index >= 15 is 0 Å². The normalized spacial score (nSPS) is 14.1. The van der Waals surface area contributed by atoms with Crippen LogP contribution in [0.1, 0.15) is 22.6 Å². The van der Waals surface area contributed by atoms with Gasteiger partial charge in [-0.15, -0.1) is 0 Å². The van der Waals surface area contributed by atoms with E-state index in [0.717, 1.165) is 25.1 Å². The minimum atomic E-state index is -0.122. The monoisotopic (exact) mass is 239 g/mol. The number of fused-ring (bicyclic) bond motifs is 1. The molecule has 0 fully saturated rings. The molecule has 4 nitrogen and oxygen atoms in total. The minimum Gasteiger partial charge on any atom is -0.305 e. The van der Waals surface area contributed by atoms with Crippen molar-refractivity contribution in [3.8, 4) is 0 Å². The highest BCUT2D eigenvalue weighted by Gasteiger charge is 2.24. The van der Waals surface area contributed by atoms with Crippen LogP contribution in [0.15, 0.2) is 42.7 Å². The Labute approximate surface area is 105 Å². The first-order valence-electron chi connectivity index (χ1n) is 6.03. The lowest BCUT2D eigenvalue weighted by Crippen LogP contribution is -2.36. The van der Waals surface area contributed by atoms with E-state index in [1.807, 2.05) is 18.2 Å². The second-order valence-electron chi connectivity index (χ2n) is 4.26. The Kier molecular flexibility index (Phi) is 2.76. The van der Waals surface area contributed by atoms with Gasteiger partial charge in [0, 0.05) is 24.6 Å². The van der Waals surface area contributed by atoms with E-state index in [-0.39, 0.29) is 11.7 Å². The zero-order valence-electron chi connectivity index (χ0n) is 9.91. The fraction of sp³-hybridized carbons (Fsp3) is 0.214. The number of para-hydroxylation sites is 1. The summed E-state index contributed by atoms with van der Waals surface area (Å²) in [6.45, 7) is 0.730. The minimum absolute atomic E-state index is 0.122. The third-order valence-electron chi connectivity index (χ3n) is 3.11. The molecule has 0 aliphatic carbocycles. The van der Waals surface area contributed by atoms with E-state index < -0.39 is 0 Å². The van der Waals surface area contributed by atoms with Crippen molar-refractivity contribution in [2.24, 2.45) is 0 Å². The first kappa shape index (κ1) is 10.9. The summed E-state index contributed by atoms with van der Waals surface area (Å²) in [5, 5.41) is 0. The zero-order chi connectivity index (χ0) is 12.4. The van der Waals surface area contributed by atoms with Gasteiger partial charge < -0.3 is 4.90 Å². The van der Waals surface area contributed by atoms with Crippen LogP contribution in [-0.2, 0) is 6.42 Å². The predicted octanol–water partition coefficient (Wildman–Crippen LogP) is 2.07. The van der Waals surface area contributed by atoms with Gasteiger partial charge >= 0.3 is 0 Å². The molecule has 1 aliphatic rings.